The second kappa shape index (κ2) is 13.9. The fourth-order valence-corrected chi connectivity index (χ4v) is 7.13. The lowest BCUT2D eigenvalue weighted by atomic mass is 9.86. The molecule has 0 unspecified atom stereocenters. The third kappa shape index (κ3) is 9.53. The van der Waals surface area contributed by atoms with E-state index in [1.165, 1.54) is 23.1 Å². The molecule has 14 heteroatoms. The van der Waals surface area contributed by atoms with Gasteiger partial charge in [0.25, 0.3) is 0 Å². The molecule has 0 saturated heterocycles. The van der Waals surface area contributed by atoms with E-state index in [9.17, 15) is 14.4 Å². The largest absolute Gasteiger partial charge is 0.460 e. The van der Waals surface area contributed by atoms with Crippen LogP contribution >= 0.6 is 35.0 Å². The first-order valence-corrected chi connectivity index (χ1v) is 16.5. The number of aliphatic imine (C=N–C) groups is 1. The Morgan fingerprint density at radius 3 is 2.13 bits per heavy atom. The van der Waals surface area contributed by atoms with Crippen molar-refractivity contribution in [2.75, 3.05) is 7.05 Å². The summed E-state index contributed by atoms with van der Waals surface area (Å²) >= 11 is 13.6. The summed E-state index contributed by atoms with van der Waals surface area (Å²) in [5, 5.41) is 4.52. The van der Waals surface area contributed by atoms with Crippen LogP contribution in [0.15, 0.2) is 34.8 Å². The third-order valence-corrected chi connectivity index (χ3v) is 8.87. The minimum absolute atomic E-state index is 0.0169. The second-order valence-corrected chi connectivity index (χ2v) is 16.6. The zero-order valence-electron chi connectivity index (χ0n) is 28.1. The molecule has 1 aromatic rings. The lowest BCUT2D eigenvalue weighted by molar-refractivity contribution is -0.173. The number of benzene rings is 1. The standard InChI is InChI=1S/C32H46Cl2N4O7S/c1-17(36-16-38(11)35)46-24-21-22(26(39)43-29(2,3)4)23(21)32(27(40)44-30(5,6)7,37-28(41)45-31(8,9)10)25(24)42-15-18-12-13-19(33)20(34)14-18/h12-14,16,21-25H,1,15,35H2,2-11H3,(H,37,41)/b36-16-/t21-,22-,23-,24-,25+,32+/m0/s1. The Hall–Kier alpha value is -2.51. The number of carbonyl (C=O) groups excluding carboxylic acids is 3. The number of hydrogen-bond donors (Lipinski definition) is 2. The van der Waals surface area contributed by atoms with Crippen LogP contribution in [0.2, 0.25) is 10.0 Å². The maximum absolute atomic E-state index is 14.5. The number of hydrazine groups is 1. The van der Waals surface area contributed by atoms with Gasteiger partial charge in [0.05, 0.1) is 27.6 Å². The predicted molar refractivity (Wildman–Crippen MR) is 180 cm³/mol. The number of alkyl carbamates (subject to hydrolysis) is 1. The summed E-state index contributed by atoms with van der Waals surface area (Å²) in [6.07, 6.45) is -0.543. The number of hydrogen-bond acceptors (Lipinski definition) is 10. The van der Waals surface area contributed by atoms with Gasteiger partial charge in [-0.05, 0) is 85.9 Å². The minimum Gasteiger partial charge on any atom is -0.460 e. The molecule has 0 radical (unpaired) electrons. The Balaban J connectivity index is 2.20. The molecule has 256 valence electrons. The highest BCUT2D eigenvalue weighted by molar-refractivity contribution is 8.03. The number of carbonyl (C=O) groups is 3. The summed E-state index contributed by atoms with van der Waals surface area (Å²) in [5.41, 5.74) is -3.85. The smallest absolute Gasteiger partial charge is 0.408 e. The van der Waals surface area contributed by atoms with Crippen molar-refractivity contribution in [3.05, 3.63) is 45.4 Å². The zero-order valence-corrected chi connectivity index (χ0v) is 30.4. The Kier molecular flexibility index (Phi) is 11.5. The second-order valence-electron chi connectivity index (χ2n) is 14.5. The summed E-state index contributed by atoms with van der Waals surface area (Å²) < 4.78 is 24.0. The van der Waals surface area contributed by atoms with Crippen LogP contribution in [0.3, 0.4) is 0 Å². The van der Waals surface area contributed by atoms with Crippen LogP contribution in [0.5, 0.6) is 0 Å². The predicted octanol–water partition coefficient (Wildman–Crippen LogP) is 6.11. The average molecular weight is 702 g/mol. The van der Waals surface area contributed by atoms with Gasteiger partial charge in [0.2, 0.25) is 0 Å². The highest BCUT2D eigenvalue weighted by Gasteiger charge is 2.81. The molecular formula is C32H46Cl2N4O7S. The fourth-order valence-electron chi connectivity index (χ4n) is 5.47. The number of fused-ring (bicyclic) bond motifs is 1. The van der Waals surface area contributed by atoms with Gasteiger partial charge in [0.1, 0.15) is 29.2 Å². The number of nitrogens with one attached hydrogen (secondary N) is 1. The first kappa shape index (κ1) is 37.9. The van der Waals surface area contributed by atoms with Crippen molar-refractivity contribution in [2.24, 2.45) is 28.6 Å². The van der Waals surface area contributed by atoms with E-state index in [1.54, 1.807) is 87.6 Å². The van der Waals surface area contributed by atoms with Crippen LogP contribution < -0.4 is 11.2 Å². The quantitative estimate of drug-likeness (QED) is 0.0733. The molecule has 11 nitrogen and oxygen atoms in total. The molecule has 3 rings (SSSR count). The topological polar surface area (TPSA) is 142 Å². The van der Waals surface area contributed by atoms with Gasteiger partial charge in [-0.1, -0.05) is 35.8 Å². The van der Waals surface area contributed by atoms with E-state index in [0.29, 0.717) is 20.6 Å². The maximum atomic E-state index is 14.5. The highest BCUT2D eigenvalue weighted by atomic mass is 35.5. The number of ether oxygens (including phenoxy) is 4. The molecular weight excluding hydrogens is 655 g/mol. The van der Waals surface area contributed by atoms with Crippen molar-refractivity contribution in [2.45, 2.75) is 103 Å². The lowest BCUT2D eigenvalue weighted by Gasteiger charge is -2.41. The van der Waals surface area contributed by atoms with Crippen molar-refractivity contribution in [1.29, 1.82) is 0 Å². The molecule has 1 amide bonds. The van der Waals surface area contributed by atoms with E-state index >= 15 is 0 Å². The molecule has 2 aliphatic carbocycles. The average Bonchev–Trinajstić information content (AvgIpc) is 3.55. The van der Waals surface area contributed by atoms with E-state index in [2.05, 4.69) is 16.9 Å². The highest BCUT2D eigenvalue weighted by Crippen LogP contribution is 2.67. The molecule has 46 heavy (non-hydrogen) atoms. The van der Waals surface area contributed by atoms with Crippen molar-refractivity contribution in [3.8, 4) is 0 Å². The molecule has 0 aromatic heterocycles. The molecule has 3 N–H and O–H groups in total. The maximum Gasteiger partial charge on any atom is 0.408 e. The summed E-state index contributed by atoms with van der Waals surface area (Å²) in [5.74, 6) is 2.39. The van der Waals surface area contributed by atoms with Crippen LogP contribution in [-0.2, 0) is 35.1 Å². The summed E-state index contributed by atoms with van der Waals surface area (Å²) in [4.78, 5) is 46.0. The van der Waals surface area contributed by atoms with Gasteiger partial charge in [-0.2, -0.15) is 0 Å². The van der Waals surface area contributed by atoms with E-state index in [-0.39, 0.29) is 6.61 Å². The van der Waals surface area contributed by atoms with Gasteiger partial charge >= 0.3 is 18.0 Å². The van der Waals surface area contributed by atoms with Gasteiger partial charge in [-0.15, -0.1) is 11.8 Å². The molecule has 1 aromatic carbocycles. The van der Waals surface area contributed by atoms with Crippen molar-refractivity contribution >= 4 is 59.3 Å². The third-order valence-electron chi connectivity index (χ3n) is 6.92. The van der Waals surface area contributed by atoms with Gasteiger partial charge in [-0.3, -0.25) is 4.79 Å². The van der Waals surface area contributed by atoms with E-state index in [1.807, 2.05) is 0 Å². The molecule has 2 saturated carbocycles. The van der Waals surface area contributed by atoms with Crippen LogP contribution in [0, 0.1) is 17.8 Å². The normalized spacial score (nSPS) is 25.9. The van der Waals surface area contributed by atoms with Crippen LogP contribution in [0.4, 0.5) is 4.79 Å². The molecule has 2 fully saturated rings. The van der Waals surface area contributed by atoms with Crippen LogP contribution in [-0.4, -0.2) is 70.1 Å². The van der Waals surface area contributed by atoms with E-state index in [0.717, 1.165) is 0 Å². The first-order chi connectivity index (χ1) is 20.9. The molecule has 0 spiro atoms. The number of halogens is 2. The van der Waals surface area contributed by atoms with Crippen molar-refractivity contribution in [1.82, 2.24) is 10.3 Å². The first-order valence-electron chi connectivity index (χ1n) is 14.9. The summed E-state index contributed by atoms with van der Waals surface area (Å²) in [7, 11) is 1.61. The number of nitrogens with two attached hydrogens (primary N) is 1. The number of amides is 1. The Morgan fingerprint density at radius 1 is 1.02 bits per heavy atom. The zero-order chi connectivity index (χ0) is 35.0. The SMILES string of the molecule is C=C(/N=C\N(C)N)S[C@H]1[C@H]2[C@H](C(=O)OC(C)(C)C)[C@H]2[C@](NC(=O)OC(C)(C)C)(C(=O)OC(C)(C)C)[C@@H]1OCc1ccc(Cl)c(Cl)c1. The Morgan fingerprint density at radius 2 is 1.61 bits per heavy atom. The monoisotopic (exact) mass is 700 g/mol. The van der Waals surface area contributed by atoms with Crippen LogP contribution in [0.25, 0.3) is 0 Å². The molecule has 6 atom stereocenters. The Bertz CT molecular complexity index is 1370. The van der Waals surface area contributed by atoms with Gasteiger partial charge in [-0.25, -0.2) is 20.4 Å². The minimum atomic E-state index is -1.87. The van der Waals surface area contributed by atoms with Crippen molar-refractivity contribution < 1.29 is 33.3 Å². The van der Waals surface area contributed by atoms with Gasteiger partial charge < -0.3 is 29.3 Å². The number of nitrogens with zero attached hydrogens (tertiary/aromatic N) is 2. The molecule has 0 bridgehead atoms. The summed E-state index contributed by atoms with van der Waals surface area (Å²) in [6.45, 7) is 19.6. The van der Waals surface area contributed by atoms with Crippen molar-refractivity contribution in [3.63, 3.8) is 0 Å². The number of esters is 2. The number of rotatable bonds is 10. The van der Waals surface area contributed by atoms with Gasteiger partial charge in [0.15, 0.2) is 5.54 Å². The molecule has 2 aliphatic rings. The molecule has 0 heterocycles. The van der Waals surface area contributed by atoms with E-state index in [4.69, 9.17) is 48.0 Å². The number of thioether (sulfide) groups is 1. The molecule has 0 aliphatic heterocycles. The lowest BCUT2D eigenvalue weighted by Crippen LogP contribution is -2.66. The fraction of sp³-hybridized carbons (Fsp3) is 0.625. The van der Waals surface area contributed by atoms with Crippen LogP contribution in [0.1, 0.15) is 67.9 Å². The van der Waals surface area contributed by atoms with E-state index < -0.39 is 69.5 Å². The summed E-state index contributed by atoms with van der Waals surface area (Å²) in [6, 6.07) is 5.04. The Labute approximate surface area is 285 Å². The van der Waals surface area contributed by atoms with Gasteiger partial charge in [0, 0.05) is 18.2 Å².